The van der Waals surface area contributed by atoms with Gasteiger partial charge in [0.1, 0.15) is 11.5 Å². The summed E-state index contributed by atoms with van der Waals surface area (Å²) in [5.74, 6) is 0.123. The molecule has 0 bridgehead atoms. The number of nitrogens with zero attached hydrogens (tertiary/aromatic N) is 3. The van der Waals surface area contributed by atoms with E-state index in [4.69, 9.17) is 0 Å². The maximum absolute atomic E-state index is 12.7. The van der Waals surface area contributed by atoms with E-state index in [0.29, 0.717) is 12.3 Å². The smallest absolute Gasteiger partial charge is 0.334 e. The number of pyridine rings is 1. The first-order valence-electron chi connectivity index (χ1n) is 5.35. The summed E-state index contributed by atoms with van der Waals surface area (Å²) in [6.45, 7) is 0. The fourth-order valence-electron chi connectivity index (χ4n) is 1.69. The Labute approximate surface area is 113 Å². The molecule has 0 aromatic carbocycles. The minimum Gasteiger partial charge on any atom is -0.334 e. The van der Waals surface area contributed by atoms with Gasteiger partial charge in [0, 0.05) is 37.5 Å². The van der Waals surface area contributed by atoms with Crippen molar-refractivity contribution in [3.63, 3.8) is 0 Å². The number of rotatable bonds is 2. The first-order valence-corrected chi connectivity index (χ1v) is 7.25. The van der Waals surface area contributed by atoms with Crippen molar-refractivity contribution in [2.24, 2.45) is 7.05 Å². The standard InChI is InChI=1S/C11H10F3N3O2S/c1-17-4-3-15-10(17)7-5-9(11(12,13)14)16-6-8(7)20(2,18)19/h3-6H,1-2H3. The minimum atomic E-state index is -4.66. The molecule has 0 aliphatic rings. The first kappa shape index (κ1) is 14.5. The van der Waals surface area contributed by atoms with E-state index in [1.807, 2.05) is 0 Å². The van der Waals surface area contributed by atoms with Crippen LogP contribution in [0.4, 0.5) is 13.2 Å². The van der Waals surface area contributed by atoms with Gasteiger partial charge in [-0.1, -0.05) is 0 Å². The van der Waals surface area contributed by atoms with Crippen LogP contribution in [0, 0.1) is 0 Å². The molecular weight excluding hydrogens is 295 g/mol. The van der Waals surface area contributed by atoms with Gasteiger partial charge in [0.05, 0.1) is 4.90 Å². The molecule has 0 radical (unpaired) electrons. The van der Waals surface area contributed by atoms with Crippen LogP contribution in [0.2, 0.25) is 0 Å². The van der Waals surface area contributed by atoms with E-state index in [1.54, 1.807) is 7.05 Å². The summed E-state index contributed by atoms with van der Waals surface area (Å²) in [6, 6.07) is 0.693. The van der Waals surface area contributed by atoms with Gasteiger partial charge in [0.15, 0.2) is 9.84 Å². The second-order valence-electron chi connectivity index (χ2n) is 4.20. The number of imidazole rings is 1. The molecule has 0 saturated carbocycles. The van der Waals surface area contributed by atoms with Crippen LogP contribution in [0.3, 0.4) is 0 Å². The Hall–Kier alpha value is -1.90. The molecule has 0 aliphatic carbocycles. The third-order valence-electron chi connectivity index (χ3n) is 2.62. The highest BCUT2D eigenvalue weighted by molar-refractivity contribution is 7.90. The molecule has 0 N–H and O–H groups in total. The van der Waals surface area contributed by atoms with E-state index in [-0.39, 0.29) is 16.3 Å². The summed E-state index contributed by atoms with van der Waals surface area (Å²) < 4.78 is 62.9. The molecule has 2 rings (SSSR count). The number of halogens is 3. The molecule has 108 valence electrons. The van der Waals surface area contributed by atoms with Crippen molar-refractivity contribution in [1.82, 2.24) is 14.5 Å². The van der Waals surface area contributed by atoms with Crippen LogP contribution in [0.25, 0.3) is 11.4 Å². The van der Waals surface area contributed by atoms with Crippen molar-refractivity contribution < 1.29 is 21.6 Å². The van der Waals surface area contributed by atoms with Crippen LogP contribution in [-0.4, -0.2) is 29.2 Å². The van der Waals surface area contributed by atoms with Crippen LogP contribution in [0.15, 0.2) is 29.6 Å². The summed E-state index contributed by atoms with van der Waals surface area (Å²) in [4.78, 5) is 6.77. The molecule has 0 unspecified atom stereocenters. The average molecular weight is 305 g/mol. The predicted molar refractivity (Wildman–Crippen MR) is 64.6 cm³/mol. The fraction of sp³-hybridized carbons (Fsp3) is 0.273. The zero-order chi connectivity index (χ0) is 15.1. The minimum absolute atomic E-state index is 0.123. The average Bonchev–Trinajstić information content (AvgIpc) is 2.72. The number of hydrogen-bond donors (Lipinski definition) is 0. The lowest BCUT2D eigenvalue weighted by Crippen LogP contribution is -2.11. The van der Waals surface area contributed by atoms with E-state index in [9.17, 15) is 21.6 Å². The highest BCUT2D eigenvalue weighted by Crippen LogP contribution is 2.33. The molecule has 2 heterocycles. The number of hydrogen-bond acceptors (Lipinski definition) is 4. The largest absolute Gasteiger partial charge is 0.433 e. The van der Waals surface area contributed by atoms with E-state index in [2.05, 4.69) is 9.97 Å². The second kappa shape index (κ2) is 4.58. The summed E-state index contributed by atoms with van der Waals surface area (Å²) in [5, 5.41) is 0. The number of sulfone groups is 1. The van der Waals surface area contributed by atoms with E-state index < -0.39 is 21.7 Å². The Bertz CT molecular complexity index is 751. The third-order valence-corrected chi connectivity index (χ3v) is 3.74. The van der Waals surface area contributed by atoms with Crippen molar-refractivity contribution in [2.75, 3.05) is 6.26 Å². The Kier molecular flexibility index (Phi) is 3.32. The molecule has 0 fully saturated rings. The van der Waals surface area contributed by atoms with E-state index in [1.165, 1.54) is 17.0 Å². The molecule has 0 saturated heterocycles. The zero-order valence-electron chi connectivity index (χ0n) is 10.5. The highest BCUT2D eigenvalue weighted by atomic mass is 32.2. The van der Waals surface area contributed by atoms with Gasteiger partial charge >= 0.3 is 6.18 Å². The monoisotopic (exact) mass is 305 g/mol. The van der Waals surface area contributed by atoms with Gasteiger partial charge < -0.3 is 4.57 Å². The maximum atomic E-state index is 12.7. The van der Waals surface area contributed by atoms with Crippen molar-refractivity contribution in [3.05, 3.63) is 30.4 Å². The maximum Gasteiger partial charge on any atom is 0.433 e. The van der Waals surface area contributed by atoms with Crippen LogP contribution in [0.5, 0.6) is 0 Å². The van der Waals surface area contributed by atoms with Gasteiger partial charge in [-0.2, -0.15) is 13.2 Å². The van der Waals surface area contributed by atoms with E-state index >= 15 is 0 Å². The van der Waals surface area contributed by atoms with Crippen molar-refractivity contribution in [3.8, 4) is 11.4 Å². The Morgan fingerprint density at radius 2 is 1.90 bits per heavy atom. The molecule has 9 heteroatoms. The Morgan fingerprint density at radius 3 is 2.35 bits per heavy atom. The van der Waals surface area contributed by atoms with Crippen molar-refractivity contribution in [1.29, 1.82) is 0 Å². The third kappa shape index (κ3) is 2.67. The normalized spacial score (nSPS) is 12.7. The van der Waals surface area contributed by atoms with Gasteiger partial charge in [-0.3, -0.25) is 4.98 Å². The Balaban J connectivity index is 2.77. The lowest BCUT2D eigenvalue weighted by atomic mass is 10.2. The van der Waals surface area contributed by atoms with Crippen LogP contribution in [-0.2, 0) is 23.1 Å². The number of aromatic nitrogens is 3. The quantitative estimate of drug-likeness (QED) is 0.850. The number of alkyl halides is 3. The fourth-order valence-corrected chi connectivity index (χ4v) is 2.49. The highest BCUT2D eigenvalue weighted by Gasteiger charge is 2.34. The lowest BCUT2D eigenvalue weighted by Gasteiger charge is -2.11. The zero-order valence-corrected chi connectivity index (χ0v) is 11.3. The van der Waals surface area contributed by atoms with E-state index in [0.717, 1.165) is 6.26 Å². The van der Waals surface area contributed by atoms with Crippen molar-refractivity contribution >= 4 is 9.84 Å². The molecule has 0 amide bonds. The summed E-state index contributed by atoms with van der Waals surface area (Å²) >= 11 is 0. The SMILES string of the molecule is Cn1ccnc1-c1cc(C(F)(F)F)ncc1S(C)(=O)=O. The van der Waals surface area contributed by atoms with Crippen molar-refractivity contribution in [2.45, 2.75) is 11.1 Å². The molecule has 5 nitrogen and oxygen atoms in total. The second-order valence-corrected chi connectivity index (χ2v) is 6.18. The molecule has 0 atom stereocenters. The van der Waals surface area contributed by atoms with Gasteiger partial charge in [0.2, 0.25) is 0 Å². The van der Waals surface area contributed by atoms with Crippen LogP contribution >= 0.6 is 0 Å². The topological polar surface area (TPSA) is 64.8 Å². The predicted octanol–water partition coefficient (Wildman–Crippen LogP) is 1.90. The molecule has 0 aliphatic heterocycles. The lowest BCUT2D eigenvalue weighted by molar-refractivity contribution is -0.141. The van der Waals surface area contributed by atoms with Crippen LogP contribution in [0.1, 0.15) is 5.69 Å². The summed E-state index contributed by atoms with van der Waals surface area (Å²) in [6.07, 6.45) is -0.161. The molecule has 2 aromatic rings. The van der Waals surface area contributed by atoms with Gasteiger partial charge in [-0.05, 0) is 6.07 Å². The van der Waals surface area contributed by atoms with Crippen LogP contribution < -0.4 is 0 Å². The van der Waals surface area contributed by atoms with Gasteiger partial charge in [-0.25, -0.2) is 13.4 Å². The molecule has 0 spiro atoms. The first-order chi connectivity index (χ1) is 9.10. The number of aryl methyl sites for hydroxylation is 1. The molecule has 2 aromatic heterocycles. The van der Waals surface area contributed by atoms with Gasteiger partial charge in [0.25, 0.3) is 0 Å². The molecular formula is C11H10F3N3O2S. The summed E-state index contributed by atoms with van der Waals surface area (Å²) in [7, 11) is -2.16. The molecule has 20 heavy (non-hydrogen) atoms. The van der Waals surface area contributed by atoms with Gasteiger partial charge in [-0.15, -0.1) is 0 Å². The summed E-state index contributed by atoms with van der Waals surface area (Å²) in [5.41, 5.74) is -1.29. The Morgan fingerprint density at radius 1 is 1.25 bits per heavy atom.